The fourth-order valence-electron chi connectivity index (χ4n) is 2.19. The molecule has 0 aliphatic rings. The van der Waals surface area contributed by atoms with Gasteiger partial charge in [0.2, 0.25) is 0 Å². The van der Waals surface area contributed by atoms with Crippen molar-refractivity contribution in [2.45, 2.75) is 0 Å². The van der Waals surface area contributed by atoms with Crippen LogP contribution in [0.5, 0.6) is 5.75 Å². The maximum atomic E-state index is 9.95. The number of nitrogens with zero attached hydrogens (tertiary/aromatic N) is 1. The van der Waals surface area contributed by atoms with Crippen LogP contribution in [0, 0.1) is 11.3 Å². The summed E-state index contributed by atoms with van der Waals surface area (Å²) in [6.07, 6.45) is 0. The van der Waals surface area contributed by atoms with Crippen molar-refractivity contribution < 1.29 is 5.11 Å². The molecule has 90 valence electrons. The number of fused-ring (bicyclic) bond motifs is 1. The number of phenolic OH excluding ortho intramolecular Hbond substituents is 1. The second kappa shape index (κ2) is 4.47. The summed E-state index contributed by atoms with van der Waals surface area (Å²) >= 11 is 0. The average Bonchev–Trinajstić information content (AvgIpc) is 2.47. The molecule has 19 heavy (non-hydrogen) atoms. The molecule has 0 atom stereocenters. The fraction of sp³-hybridized carbons (Fsp3) is 0. The van der Waals surface area contributed by atoms with E-state index in [1.165, 1.54) is 0 Å². The third-order valence-corrected chi connectivity index (χ3v) is 3.19. The van der Waals surface area contributed by atoms with Gasteiger partial charge in [-0.3, -0.25) is 0 Å². The van der Waals surface area contributed by atoms with Crippen molar-refractivity contribution in [3.63, 3.8) is 0 Å². The summed E-state index contributed by atoms with van der Waals surface area (Å²) in [6, 6.07) is 21.0. The van der Waals surface area contributed by atoms with Gasteiger partial charge >= 0.3 is 0 Å². The summed E-state index contributed by atoms with van der Waals surface area (Å²) in [5, 5.41) is 21.2. The van der Waals surface area contributed by atoms with Gasteiger partial charge in [-0.15, -0.1) is 0 Å². The van der Waals surface area contributed by atoms with Crippen molar-refractivity contribution >= 4 is 10.8 Å². The minimum Gasteiger partial charge on any atom is -0.507 e. The van der Waals surface area contributed by atoms with Crippen LogP contribution < -0.4 is 0 Å². The van der Waals surface area contributed by atoms with E-state index in [9.17, 15) is 5.11 Å². The number of aromatic hydroxyl groups is 1. The predicted octanol–water partition coefficient (Wildman–Crippen LogP) is 4.08. The van der Waals surface area contributed by atoms with Crippen LogP contribution in [-0.4, -0.2) is 5.11 Å². The summed E-state index contributed by atoms with van der Waals surface area (Å²) in [5.41, 5.74) is 2.14. The number of hydrogen-bond donors (Lipinski definition) is 1. The molecular weight excluding hydrogens is 234 g/mol. The molecule has 0 amide bonds. The number of benzene rings is 3. The van der Waals surface area contributed by atoms with Gasteiger partial charge in [0.15, 0.2) is 0 Å². The molecule has 3 aromatic carbocycles. The Balaban J connectivity index is 2.21. The normalized spacial score (nSPS) is 10.3. The van der Waals surface area contributed by atoms with E-state index in [1.54, 1.807) is 18.2 Å². The van der Waals surface area contributed by atoms with Gasteiger partial charge in [-0.1, -0.05) is 36.4 Å². The zero-order chi connectivity index (χ0) is 13.2. The molecule has 0 radical (unpaired) electrons. The lowest BCUT2D eigenvalue weighted by atomic mass is 9.99. The minimum absolute atomic E-state index is 0.189. The summed E-state index contributed by atoms with van der Waals surface area (Å²) in [7, 11) is 0. The number of nitriles is 1. The number of rotatable bonds is 1. The van der Waals surface area contributed by atoms with Gasteiger partial charge in [0.05, 0.1) is 11.6 Å². The number of hydrogen-bond acceptors (Lipinski definition) is 2. The first kappa shape index (κ1) is 11.3. The van der Waals surface area contributed by atoms with Gasteiger partial charge < -0.3 is 5.11 Å². The highest BCUT2D eigenvalue weighted by atomic mass is 16.3. The summed E-state index contributed by atoms with van der Waals surface area (Å²) in [6.45, 7) is 0. The highest BCUT2D eigenvalue weighted by Crippen LogP contribution is 2.31. The first-order valence-corrected chi connectivity index (χ1v) is 6.00. The van der Waals surface area contributed by atoms with Crippen LogP contribution in [0.2, 0.25) is 0 Å². The van der Waals surface area contributed by atoms with Gasteiger partial charge in [-0.05, 0) is 40.6 Å². The summed E-state index contributed by atoms with van der Waals surface area (Å²) in [5.74, 6) is 0.189. The molecule has 0 saturated heterocycles. The maximum absolute atomic E-state index is 9.95. The summed E-state index contributed by atoms with van der Waals surface area (Å²) in [4.78, 5) is 0. The third-order valence-electron chi connectivity index (χ3n) is 3.19. The van der Waals surface area contributed by atoms with Gasteiger partial charge in [-0.25, -0.2) is 0 Å². The van der Waals surface area contributed by atoms with Crippen LogP contribution >= 0.6 is 0 Å². The van der Waals surface area contributed by atoms with Crippen LogP contribution in [0.25, 0.3) is 21.9 Å². The number of phenols is 1. The van der Waals surface area contributed by atoms with Crippen LogP contribution in [0.15, 0.2) is 60.7 Å². The molecule has 0 aliphatic carbocycles. The minimum atomic E-state index is 0.189. The Bertz CT molecular complexity index is 800. The SMILES string of the molecule is N#Cc1ccc(O)c(-c2ccc3ccccc3c2)c1. The van der Waals surface area contributed by atoms with Gasteiger partial charge in [0.1, 0.15) is 5.75 Å². The van der Waals surface area contributed by atoms with Crippen molar-refractivity contribution in [1.29, 1.82) is 5.26 Å². The van der Waals surface area contributed by atoms with E-state index in [-0.39, 0.29) is 5.75 Å². The van der Waals surface area contributed by atoms with E-state index in [0.29, 0.717) is 11.1 Å². The van der Waals surface area contributed by atoms with E-state index in [0.717, 1.165) is 16.3 Å². The fourth-order valence-corrected chi connectivity index (χ4v) is 2.19. The van der Waals surface area contributed by atoms with Crippen LogP contribution in [0.4, 0.5) is 0 Å². The molecule has 1 N–H and O–H groups in total. The Labute approximate surface area is 111 Å². The van der Waals surface area contributed by atoms with Gasteiger partial charge in [0, 0.05) is 5.56 Å². The molecule has 2 heteroatoms. The smallest absolute Gasteiger partial charge is 0.123 e. The van der Waals surface area contributed by atoms with Crippen LogP contribution in [0.3, 0.4) is 0 Å². The second-order valence-electron chi connectivity index (χ2n) is 4.41. The molecule has 0 fully saturated rings. The molecule has 0 aromatic heterocycles. The molecule has 0 unspecified atom stereocenters. The van der Waals surface area contributed by atoms with E-state index < -0.39 is 0 Å². The summed E-state index contributed by atoms with van der Waals surface area (Å²) < 4.78 is 0. The van der Waals surface area contributed by atoms with Gasteiger partial charge in [-0.2, -0.15) is 5.26 Å². The Kier molecular flexibility index (Phi) is 2.66. The largest absolute Gasteiger partial charge is 0.507 e. The lowest BCUT2D eigenvalue weighted by Gasteiger charge is -2.07. The van der Waals surface area contributed by atoms with Crippen LogP contribution in [0.1, 0.15) is 5.56 Å². The topological polar surface area (TPSA) is 44.0 Å². The molecule has 0 spiro atoms. The third kappa shape index (κ3) is 2.02. The molecule has 3 rings (SSSR count). The average molecular weight is 245 g/mol. The van der Waals surface area contributed by atoms with Crippen molar-refractivity contribution in [3.05, 3.63) is 66.2 Å². The van der Waals surface area contributed by atoms with Gasteiger partial charge in [0.25, 0.3) is 0 Å². The Hall–Kier alpha value is -2.79. The van der Waals surface area contributed by atoms with Crippen molar-refractivity contribution in [1.82, 2.24) is 0 Å². The highest BCUT2D eigenvalue weighted by molar-refractivity contribution is 5.88. The molecule has 0 aliphatic heterocycles. The Morgan fingerprint density at radius 2 is 1.63 bits per heavy atom. The first-order valence-electron chi connectivity index (χ1n) is 6.00. The van der Waals surface area contributed by atoms with E-state index in [2.05, 4.69) is 6.07 Å². The molecule has 0 bridgehead atoms. The molecular formula is C17H11NO. The van der Waals surface area contributed by atoms with Crippen molar-refractivity contribution in [3.8, 4) is 22.9 Å². The van der Waals surface area contributed by atoms with Crippen LogP contribution in [-0.2, 0) is 0 Å². The zero-order valence-corrected chi connectivity index (χ0v) is 10.2. The Morgan fingerprint density at radius 1 is 0.842 bits per heavy atom. The lowest BCUT2D eigenvalue weighted by molar-refractivity contribution is 0.477. The molecule has 0 saturated carbocycles. The Morgan fingerprint density at radius 3 is 2.42 bits per heavy atom. The molecule has 0 heterocycles. The van der Waals surface area contributed by atoms with Crippen molar-refractivity contribution in [2.75, 3.05) is 0 Å². The second-order valence-corrected chi connectivity index (χ2v) is 4.41. The highest BCUT2D eigenvalue weighted by Gasteiger charge is 2.06. The molecule has 2 nitrogen and oxygen atoms in total. The monoisotopic (exact) mass is 245 g/mol. The van der Waals surface area contributed by atoms with Crippen molar-refractivity contribution in [2.24, 2.45) is 0 Å². The van der Waals surface area contributed by atoms with E-state index >= 15 is 0 Å². The first-order chi connectivity index (χ1) is 9.28. The molecule has 3 aromatic rings. The maximum Gasteiger partial charge on any atom is 0.123 e. The van der Waals surface area contributed by atoms with E-state index in [4.69, 9.17) is 5.26 Å². The zero-order valence-electron chi connectivity index (χ0n) is 10.2. The quantitative estimate of drug-likeness (QED) is 0.701. The van der Waals surface area contributed by atoms with E-state index in [1.807, 2.05) is 42.5 Å². The standard InChI is InChI=1S/C17H11NO/c18-11-12-5-8-17(19)16(9-12)15-7-6-13-3-1-2-4-14(13)10-15/h1-10,19H. The predicted molar refractivity (Wildman–Crippen MR) is 75.8 cm³/mol. The lowest BCUT2D eigenvalue weighted by Crippen LogP contribution is -1.82.